The Labute approximate surface area is 304 Å². The van der Waals surface area contributed by atoms with Crippen LogP contribution in [0.5, 0.6) is 0 Å². The first-order chi connectivity index (χ1) is 25.3. The van der Waals surface area contributed by atoms with E-state index in [2.05, 4.69) is 28.8 Å². The molecule has 0 saturated carbocycles. The van der Waals surface area contributed by atoms with E-state index in [1.54, 1.807) is 60.7 Å². The van der Waals surface area contributed by atoms with Gasteiger partial charge in [0.15, 0.2) is 11.6 Å². The second kappa shape index (κ2) is 11.5. The second-order valence-corrected chi connectivity index (χ2v) is 14.7. The van der Waals surface area contributed by atoms with Gasteiger partial charge in [0, 0.05) is 81.4 Å². The van der Waals surface area contributed by atoms with E-state index < -0.39 is 0 Å². The smallest absolute Gasteiger partial charge is 0.194 e. The molecule has 0 spiro atoms. The largest absolute Gasteiger partial charge is 0.344 e. The molecule has 7 nitrogen and oxygen atoms in total. The number of rotatable bonds is 2. The van der Waals surface area contributed by atoms with E-state index in [1.807, 2.05) is 43.5 Å². The first-order valence-electron chi connectivity index (χ1n) is 16.0. The molecule has 3 heterocycles. The van der Waals surface area contributed by atoms with Gasteiger partial charge in [-0.25, -0.2) is 0 Å². The number of Topliss-reactive ketones (excluding diaryl/α,β-unsaturated/α-hetero) is 2. The molecule has 52 heavy (non-hydrogen) atoms. The van der Waals surface area contributed by atoms with Crippen molar-refractivity contribution in [2.24, 2.45) is 7.05 Å². The van der Waals surface area contributed by atoms with Crippen LogP contribution in [0.3, 0.4) is 0 Å². The van der Waals surface area contributed by atoms with E-state index in [0.29, 0.717) is 44.5 Å². The lowest BCUT2D eigenvalue weighted by molar-refractivity contribution is 0.103. The molecule has 240 valence electrons. The molecule has 9 rings (SSSR count). The summed E-state index contributed by atoms with van der Waals surface area (Å²) in [5, 5.41) is 43.0. The van der Waals surface area contributed by atoms with Crippen LogP contribution in [-0.4, -0.2) is 16.1 Å². The summed E-state index contributed by atoms with van der Waals surface area (Å²) in [6.45, 7) is 0. The minimum atomic E-state index is -0.207. The molecule has 0 amide bonds. The van der Waals surface area contributed by atoms with Gasteiger partial charge in [0.25, 0.3) is 0 Å². The number of aryl methyl sites for hydroxylation is 1. The zero-order chi connectivity index (χ0) is 35.8. The fourth-order valence-corrected chi connectivity index (χ4v) is 9.49. The minimum Gasteiger partial charge on any atom is -0.344 e. The van der Waals surface area contributed by atoms with E-state index >= 15 is 0 Å². The van der Waals surface area contributed by atoms with Crippen LogP contribution < -0.4 is 0 Å². The lowest BCUT2D eigenvalue weighted by atomic mass is 9.99. The molecule has 9 heteroatoms. The standard InChI is InChI=1S/C43H19N5O2S2/c1-48-36-12-22-10-26(14-34-40(24(18-44)19-45)28-6-2-4-8-30(28)42(34)49)51-38(22)16-32(36)33-17-39-23(13-37(33)48)11-27(52-39)15-35-41(25(20-46)21-47)29-7-3-5-9-31(29)43(35)50/h2-17H,1H3/b34-14-,35-15-. The Balaban J connectivity index is 1.15. The number of fused-ring (bicyclic) bond motifs is 7. The number of ketones is 2. The van der Waals surface area contributed by atoms with Gasteiger partial charge in [0.05, 0.1) is 0 Å². The second-order valence-electron chi connectivity index (χ2n) is 12.5. The van der Waals surface area contributed by atoms with Crippen LogP contribution in [-0.2, 0) is 7.05 Å². The number of benzene rings is 4. The first kappa shape index (κ1) is 30.9. The maximum absolute atomic E-state index is 13.5. The molecule has 0 aliphatic heterocycles. The number of thiophene rings is 2. The lowest BCUT2D eigenvalue weighted by Gasteiger charge is -2.01. The lowest BCUT2D eigenvalue weighted by Crippen LogP contribution is -1.95. The van der Waals surface area contributed by atoms with Gasteiger partial charge >= 0.3 is 0 Å². The molecule has 3 aromatic heterocycles. The van der Waals surface area contributed by atoms with Crippen molar-refractivity contribution in [2.75, 3.05) is 0 Å². The fourth-order valence-electron chi connectivity index (χ4n) is 7.43. The number of hydrogen-bond donors (Lipinski definition) is 0. The molecule has 0 unspecified atom stereocenters. The van der Waals surface area contributed by atoms with Gasteiger partial charge in [-0.15, -0.1) is 22.7 Å². The van der Waals surface area contributed by atoms with Crippen molar-refractivity contribution >= 4 is 99.5 Å². The zero-order valence-electron chi connectivity index (χ0n) is 27.1. The Morgan fingerprint density at radius 3 is 1.35 bits per heavy atom. The summed E-state index contributed by atoms with van der Waals surface area (Å²) in [4.78, 5) is 28.6. The Morgan fingerprint density at radius 2 is 0.962 bits per heavy atom. The van der Waals surface area contributed by atoms with Crippen molar-refractivity contribution in [1.82, 2.24) is 4.57 Å². The van der Waals surface area contributed by atoms with Crippen LogP contribution in [0.15, 0.2) is 107 Å². The zero-order valence-corrected chi connectivity index (χ0v) is 28.7. The quantitative estimate of drug-likeness (QED) is 0.130. The summed E-state index contributed by atoms with van der Waals surface area (Å²) >= 11 is 3.08. The van der Waals surface area contributed by atoms with Crippen LogP contribution >= 0.6 is 22.7 Å². The van der Waals surface area contributed by atoms with E-state index in [9.17, 15) is 30.6 Å². The molecule has 0 saturated heterocycles. The monoisotopic (exact) mass is 701 g/mol. The van der Waals surface area contributed by atoms with Crippen molar-refractivity contribution in [2.45, 2.75) is 0 Å². The van der Waals surface area contributed by atoms with Gasteiger partial charge in [0.2, 0.25) is 0 Å². The van der Waals surface area contributed by atoms with Crippen molar-refractivity contribution in [3.8, 4) is 24.3 Å². The molecule has 0 radical (unpaired) electrons. The number of carbonyl (C=O) groups excluding carboxylic acids is 2. The van der Waals surface area contributed by atoms with Crippen molar-refractivity contribution in [3.05, 3.63) is 139 Å². The molecule has 2 aliphatic carbocycles. The van der Waals surface area contributed by atoms with Crippen molar-refractivity contribution in [3.63, 3.8) is 0 Å². The Hall–Kier alpha value is -7.14. The van der Waals surface area contributed by atoms with Gasteiger partial charge in [0.1, 0.15) is 35.4 Å². The summed E-state index contributed by atoms with van der Waals surface area (Å²) in [5.41, 5.74) is 5.50. The SMILES string of the molecule is Cn1c2cc3cc(/C=C4\C(=O)c5ccccc5C4=C(C#N)C#N)sc3cc2c2cc3sc(/C=C4\C(=O)c5ccccc5C4=C(C#N)C#N)cc3cc21. The maximum Gasteiger partial charge on any atom is 0.194 e. The number of nitrogens with zero attached hydrogens (tertiary/aromatic N) is 5. The summed E-state index contributed by atoms with van der Waals surface area (Å²) in [5.74, 6) is -0.413. The number of carbonyl (C=O) groups is 2. The molecule has 0 N–H and O–H groups in total. The molecular formula is C43H19N5O2S2. The van der Waals surface area contributed by atoms with Crippen molar-refractivity contribution in [1.29, 1.82) is 21.0 Å². The van der Waals surface area contributed by atoms with Gasteiger partial charge in [-0.05, 0) is 70.4 Å². The molecular weight excluding hydrogens is 683 g/mol. The van der Waals surface area contributed by atoms with E-state index in [4.69, 9.17) is 0 Å². The molecule has 0 fully saturated rings. The number of allylic oxidation sites excluding steroid dienone is 6. The molecule has 2 aliphatic rings. The normalized spacial score (nSPS) is 15.0. The minimum absolute atomic E-state index is 0.0898. The summed E-state index contributed by atoms with van der Waals surface area (Å²) in [6.07, 6.45) is 3.57. The molecule has 0 bridgehead atoms. The third-order valence-corrected chi connectivity index (χ3v) is 11.8. The summed E-state index contributed by atoms with van der Waals surface area (Å²) in [7, 11) is 2.03. The van der Waals surface area contributed by atoms with Gasteiger partial charge < -0.3 is 4.57 Å². The third-order valence-electron chi connectivity index (χ3n) is 9.75. The summed E-state index contributed by atoms with van der Waals surface area (Å²) < 4.78 is 4.22. The topological polar surface area (TPSA) is 134 Å². The van der Waals surface area contributed by atoms with Gasteiger partial charge in [-0.2, -0.15) is 21.0 Å². The van der Waals surface area contributed by atoms with E-state index in [0.717, 1.165) is 51.7 Å². The highest BCUT2D eigenvalue weighted by molar-refractivity contribution is 7.20. The maximum atomic E-state index is 13.5. The van der Waals surface area contributed by atoms with Crippen molar-refractivity contribution < 1.29 is 9.59 Å². The van der Waals surface area contributed by atoms with E-state index in [1.165, 1.54) is 22.7 Å². The Morgan fingerprint density at radius 1 is 0.577 bits per heavy atom. The van der Waals surface area contributed by atoms with Crippen LogP contribution in [0, 0.1) is 45.3 Å². The molecule has 7 aromatic rings. The Kier molecular flexibility index (Phi) is 6.80. The highest BCUT2D eigenvalue weighted by Crippen LogP contribution is 2.44. The highest BCUT2D eigenvalue weighted by Gasteiger charge is 2.33. The average Bonchev–Trinajstić information content (AvgIpc) is 3.94. The fraction of sp³-hybridized carbons (Fsp3) is 0.0233. The number of hydrogen-bond acceptors (Lipinski definition) is 8. The van der Waals surface area contributed by atoms with Crippen LogP contribution in [0.25, 0.3) is 65.3 Å². The van der Waals surface area contributed by atoms with Crippen LogP contribution in [0.4, 0.5) is 0 Å². The predicted molar refractivity (Wildman–Crippen MR) is 205 cm³/mol. The Bertz CT molecular complexity index is 2920. The first-order valence-corrected chi connectivity index (χ1v) is 17.7. The number of nitriles is 4. The van der Waals surface area contributed by atoms with E-state index in [-0.39, 0.29) is 22.7 Å². The van der Waals surface area contributed by atoms with Gasteiger partial charge in [-0.3, -0.25) is 9.59 Å². The summed E-state index contributed by atoms with van der Waals surface area (Å²) in [6, 6.07) is 34.7. The van der Waals surface area contributed by atoms with Crippen LogP contribution in [0.1, 0.15) is 41.6 Å². The number of aromatic nitrogens is 1. The predicted octanol–water partition coefficient (Wildman–Crippen LogP) is 9.92. The van der Waals surface area contributed by atoms with Gasteiger partial charge in [-0.1, -0.05) is 48.5 Å². The molecule has 4 aromatic carbocycles. The average molecular weight is 702 g/mol. The van der Waals surface area contributed by atoms with Crippen LogP contribution in [0.2, 0.25) is 0 Å². The highest BCUT2D eigenvalue weighted by atomic mass is 32.1. The molecule has 0 atom stereocenters. The third kappa shape index (κ3) is 4.39.